The van der Waals surface area contributed by atoms with Crippen LogP contribution in [-0.2, 0) is 16.0 Å². The molecule has 2 unspecified atom stereocenters. The predicted octanol–water partition coefficient (Wildman–Crippen LogP) is 0.162. The van der Waals surface area contributed by atoms with E-state index >= 15 is 0 Å². The summed E-state index contributed by atoms with van der Waals surface area (Å²) in [6.07, 6.45) is 0.606. The molecule has 0 spiro atoms. The van der Waals surface area contributed by atoms with E-state index in [1.54, 1.807) is 0 Å². The van der Waals surface area contributed by atoms with Gasteiger partial charge >= 0.3 is 0 Å². The maximum atomic E-state index is 11.8. The first kappa shape index (κ1) is 20.4. The van der Waals surface area contributed by atoms with Crippen LogP contribution in [0.5, 0.6) is 0 Å². The molecule has 7 heteroatoms. The highest BCUT2D eigenvalue weighted by atomic mass is 35.5. The highest BCUT2D eigenvalue weighted by Crippen LogP contribution is 2.07. The van der Waals surface area contributed by atoms with E-state index in [1.165, 1.54) is 5.56 Å². The number of nitrogens with one attached hydrogen (secondary N) is 3. The standard InChI is InChI=1S/C17H25N3O3.ClH/c1-12-2-4-13(5-3-12)6-7-16(22)20-11-17(23)19-9-14-8-18-10-15(14)21;/h2-5,14-15,18,21H,6-11H2,1H3,(H,19,23)(H,20,22);1H. The molecule has 2 atom stereocenters. The molecule has 24 heavy (non-hydrogen) atoms. The molecule has 1 aliphatic heterocycles. The third kappa shape index (κ3) is 6.86. The molecule has 1 aliphatic rings. The fraction of sp³-hybridized carbons (Fsp3) is 0.529. The summed E-state index contributed by atoms with van der Waals surface area (Å²) in [5.74, 6) is -0.327. The van der Waals surface area contributed by atoms with Crippen LogP contribution in [0.15, 0.2) is 24.3 Å². The van der Waals surface area contributed by atoms with Gasteiger partial charge in [0.15, 0.2) is 0 Å². The minimum atomic E-state index is -0.417. The average molecular weight is 356 g/mol. The van der Waals surface area contributed by atoms with E-state index in [0.29, 0.717) is 32.5 Å². The topological polar surface area (TPSA) is 90.5 Å². The zero-order valence-electron chi connectivity index (χ0n) is 13.9. The number of rotatable bonds is 7. The van der Waals surface area contributed by atoms with Crippen molar-refractivity contribution in [3.05, 3.63) is 35.4 Å². The van der Waals surface area contributed by atoms with Gasteiger partial charge in [-0.25, -0.2) is 0 Å². The second-order valence-electron chi connectivity index (χ2n) is 6.05. The van der Waals surface area contributed by atoms with Crippen molar-refractivity contribution in [3.8, 4) is 0 Å². The van der Waals surface area contributed by atoms with Gasteiger partial charge in [-0.2, -0.15) is 0 Å². The Hall–Kier alpha value is -1.63. The normalized spacial score (nSPS) is 19.4. The lowest BCUT2D eigenvalue weighted by molar-refractivity contribution is -0.126. The third-order valence-electron chi connectivity index (χ3n) is 4.07. The number of halogens is 1. The van der Waals surface area contributed by atoms with Crippen LogP contribution in [0.25, 0.3) is 0 Å². The summed E-state index contributed by atoms with van der Waals surface area (Å²) in [5.41, 5.74) is 2.30. The molecule has 1 aromatic carbocycles. The lowest BCUT2D eigenvalue weighted by Crippen LogP contribution is -2.40. The third-order valence-corrected chi connectivity index (χ3v) is 4.07. The Morgan fingerprint density at radius 1 is 1.17 bits per heavy atom. The van der Waals surface area contributed by atoms with Crippen LogP contribution in [-0.4, -0.2) is 49.2 Å². The van der Waals surface area contributed by atoms with Gasteiger partial charge in [0.2, 0.25) is 11.8 Å². The van der Waals surface area contributed by atoms with E-state index in [9.17, 15) is 14.7 Å². The highest BCUT2D eigenvalue weighted by molar-refractivity contribution is 5.85. The van der Waals surface area contributed by atoms with Crippen LogP contribution in [0.1, 0.15) is 17.5 Å². The van der Waals surface area contributed by atoms with Gasteiger partial charge in [-0.05, 0) is 18.9 Å². The van der Waals surface area contributed by atoms with Crippen LogP contribution in [0, 0.1) is 12.8 Å². The van der Waals surface area contributed by atoms with Gasteiger partial charge < -0.3 is 21.1 Å². The first-order valence-corrected chi connectivity index (χ1v) is 8.02. The number of benzene rings is 1. The smallest absolute Gasteiger partial charge is 0.239 e. The van der Waals surface area contributed by atoms with Gasteiger partial charge in [0, 0.05) is 32.0 Å². The van der Waals surface area contributed by atoms with Crippen molar-refractivity contribution in [1.82, 2.24) is 16.0 Å². The van der Waals surface area contributed by atoms with E-state index in [0.717, 1.165) is 5.56 Å². The summed E-state index contributed by atoms with van der Waals surface area (Å²) < 4.78 is 0. The van der Waals surface area contributed by atoms with Crippen molar-refractivity contribution >= 4 is 24.2 Å². The molecule has 1 saturated heterocycles. The SMILES string of the molecule is Cc1ccc(CCC(=O)NCC(=O)NCC2CNCC2O)cc1.Cl. The van der Waals surface area contributed by atoms with Gasteiger partial charge in [-0.1, -0.05) is 29.8 Å². The number of hydrogen-bond donors (Lipinski definition) is 4. The second kappa shape index (κ2) is 10.3. The van der Waals surface area contributed by atoms with Crippen LogP contribution in [0.3, 0.4) is 0 Å². The Morgan fingerprint density at radius 3 is 2.50 bits per heavy atom. The number of β-amino-alcohol motifs (C(OH)–C–C–N with tert-alkyl or cyclic N) is 1. The molecule has 0 saturated carbocycles. The fourth-order valence-corrected chi connectivity index (χ4v) is 2.51. The molecule has 0 aliphatic carbocycles. The molecule has 134 valence electrons. The number of carbonyl (C=O) groups is 2. The van der Waals surface area contributed by atoms with E-state index in [4.69, 9.17) is 0 Å². The molecule has 0 bridgehead atoms. The lowest BCUT2D eigenvalue weighted by Gasteiger charge is -2.14. The lowest BCUT2D eigenvalue weighted by atomic mass is 10.1. The highest BCUT2D eigenvalue weighted by Gasteiger charge is 2.24. The van der Waals surface area contributed by atoms with Gasteiger partial charge in [0.1, 0.15) is 0 Å². The average Bonchev–Trinajstić information content (AvgIpc) is 2.95. The molecule has 0 radical (unpaired) electrons. The molecule has 2 amide bonds. The quantitative estimate of drug-likeness (QED) is 0.561. The number of carbonyl (C=O) groups excluding carboxylic acids is 2. The minimum Gasteiger partial charge on any atom is -0.391 e. The molecular weight excluding hydrogens is 330 g/mol. The summed E-state index contributed by atoms with van der Waals surface area (Å²) in [7, 11) is 0. The van der Waals surface area contributed by atoms with Crippen molar-refractivity contribution in [2.75, 3.05) is 26.2 Å². The number of amides is 2. The first-order chi connectivity index (χ1) is 11.0. The summed E-state index contributed by atoms with van der Waals surface area (Å²) in [4.78, 5) is 23.5. The Balaban J connectivity index is 0.00000288. The van der Waals surface area contributed by atoms with Gasteiger partial charge in [0.05, 0.1) is 12.6 Å². The Bertz CT molecular complexity index is 536. The summed E-state index contributed by atoms with van der Waals surface area (Å²) in [6, 6.07) is 8.06. The van der Waals surface area contributed by atoms with Crippen molar-refractivity contribution in [1.29, 1.82) is 0 Å². The molecule has 1 aromatic rings. The molecule has 6 nitrogen and oxygen atoms in total. The van der Waals surface area contributed by atoms with Crippen molar-refractivity contribution in [2.24, 2.45) is 5.92 Å². The number of aryl methyl sites for hydroxylation is 2. The minimum absolute atomic E-state index is 0. The summed E-state index contributed by atoms with van der Waals surface area (Å²) in [6.45, 7) is 3.69. The van der Waals surface area contributed by atoms with Crippen LogP contribution >= 0.6 is 12.4 Å². The Morgan fingerprint density at radius 2 is 1.88 bits per heavy atom. The molecule has 0 aromatic heterocycles. The van der Waals surface area contributed by atoms with E-state index in [-0.39, 0.29) is 36.7 Å². The fourth-order valence-electron chi connectivity index (χ4n) is 2.51. The second-order valence-corrected chi connectivity index (χ2v) is 6.05. The molecular formula is C17H26ClN3O3. The van der Waals surface area contributed by atoms with Gasteiger partial charge in [0.25, 0.3) is 0 Å². The van der Waals surface area contributed by atoms with E-state index in [2.05, 4.69) is 16.0 Å². The van der Waals surface area contributed by atoms with Crippen LogP contribution in [0.2, 0.25) is 0 Å². The maximum Gasteiger partial charge on any atom is 0.239 e. The molecule has 1 fully saturated rings. The largest absolute Gasteiger partial charge is 0.391 e. The molecule has 1 heterocycles. The number of aliphatic hydroxyl groups is 1. The van der Waals surface area contributed by atoms with Crippen molar-refractivity contribution in [2.45, 2.75) is 25.9 Å². The zero-order valence-corrected chi connectivity index (χ0v) is 14.7. The first-order valence-electron chi connectivity index (χ1n) is 8.02. The van der Waals surface area contributed by atoms with E-state index in [1.807, 2.05) is 31.2 Å². The number of hydrogen-bond acceptors (Lipinski definition) is 4. The summed E-state index contributed by atoms with van der Waals surface area (Å²) >= 11 is 0. The monoisotopic (exact) mass is 355 g/mol. The Kier molecular flexibility index (Phi) is 8.74. The van der Waals surface area contributed by atoms with Crippen molar-refractivity contribution < 1.29 is 14.7 Å². The summed E-state index contributed by atoms with van der Waals surface area (Å²) in [5, 5.41) is 18.1. The predicted molar refractivity (Wildman–Crippen MR) is 95.1 cm³/mol. The number of aliphatic hydroxyl groups excluding tert-OH is 1. The van der Waals surface area contributed by atoms with Gasteiger partial charge in [-0.15, -0.1) is 12.4 Å². The maximum absolute atomic E-state index is 11.8. The molecule has 2 rings (SSSR count). The molecule has 4 N–H and O–H groups in total. The van der Waals surface area contributed by atoms with Crippen LogP contribution < -0.4 is 16.0 Å². The van der Waals surface area contributed by atoms with Crippen LogP contribution in [0.4, 0.5) is 0 Å². The zero-order chi connectivity index (χ0) is 16.7. The van der Waals surface area contributed by atoms with Crippen molar-refractivity contribution in [3.63, 3.8) is 0 Å². The van der Waals surface area contributed by atoms with Gasteiger partial charge in [-0.3, -0.25) is 9.59 Å². The Labute approximate surface area is 148 Å². The van der Waals surface area contributed by atoms with E-state index < -0.39 is 6.10 Å².